The third kappa shape index (κ3) is 2.58. The van der Waals surface area contributed by atoms with Crippen LogP contribution >= 0.6 is 7.60 Å². The van der Waals surface area contributed by atoms with E-state index in [9.17, 15) is 4.57 Å². The van der Waals surface area contributed by atoms with Crippen molar-refractivity contribution in [2.24, 2.45) is 0 Å². The Bertz CT molecular complexity index is 552. The van der Waals surface area contributed by atoms with Gasteiger partial charge in [0.15, 0.2) is 0 Å². The first-order valence-electron chi connectivity index (χ1n) is 5.36. The van der Waals surface area contributed by atoms with Crippen LogP contribution in [0.1, 0.15) is 5.56 Å². The maximum Gasteiger partial charge on any atom is 0.334 e. The fourth-order valence-electron chi connectivity index (χ4n) is 1.84. The predicted molar refractivity (Wildman–Crippen MR) is 69.3 cm³/mol. The van der Waals surface area contributed by atoms with Crippen LogP contribution in [0.4, 0.5) is 0 Å². The summed E-state index contributed by atoms with van der Waals surface area (Å²) in [5, 5.41) is 2.22. The molecule has 0 aromatic heterocycles. The first kappa shape index (κ1) is 12.3. The van der Waals surface area contributed by atoms with Gasteiger partial charge in [0.1, 0.15) is 0 Å². The Labute approximate surface area is 101 Å². The van der Waals surface area contributed by atoms with Gasteiger partial charge in [-0.15, -0.1) is 0 Å². The summed E-state index contributed by atoms with van der Waals surface area (Å²) in [7, 11) is -0.183. The lowest BCUT2D eigenvalue weighted by Gasteiger charge is -2.14. The summed E-state index contributed by atoms with van der Waals surface area (Å²) in [5.41, 5.74) is 0.982. The molecule has 0 aliphatic rings. The number of hydrogen-bond acceptors (Lipinski definition) is 3. The summed E-state index contributed by atoms with van der Waals surface area (Å²) < 4.78 is 22.1. The second-order valence-electron chi connectivity index (χ2n) is 3.77. The highest BCUT2D eigenvalue weighted by molar-refractivity contribution is 7.53. The minimum Gasteiger partial charge on any atom is -0.312 e. The standard InChI is InChI=1S/C13H15O3P/c1-15-17(14,16-2)10-12-8-5-7-11-6-3-4-9-13(11)12/h3-9H,10H2,1-2H3. The maximum absolute atomic E-state index is 12.1. The molecule has 0 saturated heterocycles. The van der Waals surface area contributed by atoms with Crippen LogP contribution < -0.4 is 0 Å². The highest BCUT2D eigenvalue weighted by Gasteiger charge is 2.22. The van der Waals surface area contributed by atoms with Crippen molar-refractivity contribution in [3.8, 4) is 0 Å². The first-order chi connectivity index (χ1) is 8.18. The molecule has 0 bridgehead atoms. The third-order valence-corrected chi connectivity index (χ3v) is 4.64. The van der Waals surface area contributed by atoms with E-state index < -0.39 is 7.60 Å². The fourth-order valence-corrected chi connectivity index (χ4v) is 2.94. The van der Waals surface area contributed by atoms with Gasteiger partial charge in [-0.3, -0.25) is 4.57 Å². The Morgan fingerprint density at radius 3 is 2.35 bits per heavy atom. The van der Waals surface area contributed by atoms with Crippen LogP contribution in [-0.4, -0.2) is 14.2 Å². The number of benzene rings is 2. The van der Waals surface area contributed by atoms with Gasteiger partial charge >= 0.3 is 7.60 Å². The zero-order valence-corrected chi connectivity index (χ0v) is 10.8. The average molecular weight is 250 g/mol. The monoisotopic (exact) mass is 250 g/mol. The van der Waals surface area contributed by atoms with Crippen molar-refractivity contribution in [2.45, 2.75) is 6.16 Å². The molecule has 0 spiro atoms. The summed E-state index contributed by atoms with van der Waals surface area (Å²) in [4.78, 5) is 0. The molecule has 0 saturated carbocycles. The van der Waals surface area contributed by atoms with E-state index in [1.54, 1.807) is 0 Å². The van der Waals surface area contributed by atoms with Crippen molar-refractivity contribution in [3.05, 3.63) is 48.0 Å². The molecule has 0 radical (unpaired) electrons. The Morgan fingerprint density at radius 1 is 1.00 bits per heavy atom. The summed E-state index contributed by atoms with van der Waals surface area (Å²) in [6, 6.07) is 13.9. The summed E-state index contributed by atoms with van der Waals surface area (Å²) in [6.07, 6.45) is 0.293. The molecule has 2 rings (SSSR count). The van der Waals surface area contributed by atoms with E-state index in [0.29, 0.717) is 6.16 Å². The molecule has 4 heteroatoms. The van der Waals surface area contributed by atoms with E-state index >= 15 is 0 Å². The van der Waals surface area contributed by atoms with Gasteiger partial charge in [0.2, 0.25) is 0 Å². The highest BCUT2D eigenvalue weighted by atomic mass is 31.2. The molecule has 0 atom stereocenters. The second kappa shape index (κ2) is 5.01. The van der Waals surface area contributed by atoms with Gasteiger partial charge < -0.3 is 9.05 Å². The lowest BCUT2D eigenvalue weighted by atomic mass is 10.1. The molecule has 0 amide bonds. The maximum atomic E-state index is 12.1. The number of fused-ring (bicyclic) bond motifs is 1. The second-order valence-corrected chi connectivity index (χ2v) is 6.04. The largest absolute Gasteiger partial charge is 0.334 e. The molecule has 2 aromatic rings. The lowest BCUT2D eigenvalue weighted by Crippen LogP contribution is -1.94. The predicted octanol–water partition coefficient (Wildman–Crippen LogP) is 3.83. The molecule has 0 heterocycles. The van der Waals surface area contributed by atoms with Crippen molar-refractivity contribution < 1.29 is 13.6 Å². The molecule has 0 aliphatic heterocycles. The zero-order chi connectivity index (χ0) is 12.3. The van der Waals surface area contributed by atoms with E-state index in [0.717, 1.165) is 16.3 Å². The van der Waals surface area contributed by atoms with Gasteiger partial charge in [0.25, 0.3) is 0 Å². The van der Waals surface area contributed by atoms with Crippen molar-refractivity contribution in [1.29, 1.82) is 0 Å². The van der Waals surface area contributed by atoms with E-state index in [-0.39, 0.29) is 0 Å². The van der Waals surface area contributed by atoms with Crippen LogP contribution in [0.15, 0.2) is 42.5 Å². The smallest absolute Gasteiger partial charge is 0.312 e. The zero-order valence-electron chi connectivity index (χ0n) is 9.92. The SMILES string of the molecule is COP(=O)(Cc1cccc2ccccc12)OC. The first-order valence-corrected chi connectivity index (χ1v) is 7.08. The fraction of sp³-hybridized carbons (Fsp3) is 0.231. The van der Waals surface area contributed by atoms with E-state index in [2.05, 4.69) is 0 Å². The minimum absolute atomic E-state index is 0.293. The molecular formula is C13H15O3P. The van der Waals surface area contributed by atoms with Crippen molar-refractivity contribution in [1.82, 2.24) is 0 Å². The third-order valence-electron chi connectivity index (χ3n) is 2.80. The molecule has 0 fully saturated rings. The Kier molecular flexibility index (Phi) is 3.63. The molecule has 0 N–H and O–H groups in total. The van der Waals surface area contributed by atoms with E-state index in [1.807, 2.05) is 42.5 Å². The Balaban J connectivity index is 2.46. The van der Waals surface area contributed by atoms with E-state index in [1.165, 1.54) is 14.2 Å². The van der Waals surface area contributed by atoms with Gasteiger partial charge in [-0.05, 0) is 16.3 Å². The molecule has 0 unspecified atom stereocenters. The lowest BCUT2D eigenvalue weighted by molar-refractivity contribution is 0.275. The normalized spacial score (nSPS) is 11.9. The molecule has 90 valence electrons. The van der Waals surface area contributed by atoms with Gasteiger partial charge in [-0.2, -0.15) is 0 Å². The van der Waals surface area contributed by atoms with Crippen LogP contribution in [0.25, 0.3) is 10.8 Å². The number of hydrogen-bond donors (Lipinski definition) is 0. The Hall–Kier alpha value is -1.15. The van der Waals surface area contributed by atoms with Crippen LogP contribution in [0.3, 0.4) is 0 Å². The highest BCUT2D eigenvalue weighted by Crippen LogP contribution is 2.50. The summed E-state index contributed by atoms with van der Waals surface area (Å²) >= 11 is 0. The molecule has 2 aromatic carbocycles. The molecule has 17 heavy (non-hydrogen) atoms. The topological polar surface area (TPSA) is 35.5 Å². The van der Waals surface area contributed by atoms with Gasteiger partial charge in [0, 0.05) is 14.2 Å². The van der Waals surface area contributed by atoms with Crippen molar-refractivity contribution in [2.75, 3.05) is 14.2 Å². The van der Waals surface area contributed by atoms with Crippen molar-refractivity contribution >= 4 is 18.4 Å². The van der Waals surface area contributed by atoms with Crippen LogP contribution in [-0.2, 0) is 19.8 Å². The van der Waals surface area contributed by atoms with Crippen LogP contribution in [0.5, 0.6) is 0 Å². The van der Waals surface area contributed by atoms with E-state index in [4.69, 9.17) is 9.05 Å². The Morgan fingerprint density at radius 2 is 1.65 bits per heavy atom. The average Bonchev–Trinajstić information content (AvgIpc) is 2.39. The molecular weight excluding hydrogens is 235 g/mol. The molecule has 0 aliphatic carbocycles. The van der Waals surface area contributed by atoms with Gasteiger partial charge in [-0.25, -0.2) is 0 Å². The number of rotatable bonds is 4. The van der Waals surface area contributed by atoms with Crippen LogP contribution in [0, 0.1) is 0 Å². The van der Waals surface area contributed by atoms with Gasteiger partial charge in [-0.1, -0.05) is 42.5 Å². The van der Waals surface area contributed by atoms with Crippen LogP contribution in [0.2, 0.25) is 0 Å². The summed E-state index contributed by atoms with van der Waals surface area (Å²) in [5.74, 6) is 0. The summed E-state index contributed by atoms with van der Waals surface area (Å²) in [6.45, 7) is 0. The minimum atomic E-state index is -3.01. The molecule has 3 nitrogen and oxygen atoms in total. The van der Waals surface area contributed by atoms with Gasteiger partial charge in [0.05, 0.1) is 6.16 Å². The van der Waals surface area contributed by atoms with Crippen molar-refractivity contribution in [3.63, 3.8) is 0 Å². The quantitative estimate of drug-likeness (QED) is 0.774.